The number of rotatable bonds is 14. The number of hydrogen-bond acceptors (Lipinski definition) is 10. The van der Waals surface area contributed by atoms with E-state index in [0.29, 0.717) is 50.5 Å². The highest BCUT2D eigenvalue weighted by Crippen LogP contribution is 2.71. The molecule has 3 fully saturated rings. The molecular weight excluding hydrogens is 589 g/mol. The summed E-state index contributed by atoms with van der Waals surface area (Å²) in [5.74, 6) is -3.68. The van der Waals surface area contributed by atoms with Crippen molar-refractivity contribution in [3.63, 3.8) is 0 Å². The second kappa shape index (κ2) is 13.3. The number of carbonyl (C=O) groups excluding carboxylic acids is 4. The summed E-state index contributed by atoms with van der Waals surface area (Å²) in [7, 11) is 0. The number of unbranched alkanes of at least 4 members (excludes halogenated alkanes) is 3. The number of hydrogen-bond donors (Lipinski definition) is 1. The predicted octanol–water partition coefficient (Wildman–Crippen LogP) is 4.96. The van der Waals surface area contributed by atoms with Gasteiger partial charge in [-0.3, -0.25) is 19.2 Å². The fraction of sp³-hybridized carbons (Fsp3) is 0.758. The van der Waals surface area contributed by atoms with Gasteiger partial charge in [-0.2, -0.15) is 0 Å². The molecule has 0 spiro atoms. The molecule has 1 N–H and O–H groups in total. The molecule has 250 valence electrons. The summed E-state index contributed by atoms with van der Waals surface area (Å²) in [5, 5.41) is 21.1. The highest BCUT2D eigenvalue weighted by Gasteiger charge is 2.77. The molecule has 11 nitrogen and oxygen atoms in total. The van der Waals surface area contributed by atoms with Crippen molar-refractivity contribution < 1.29 is 48.1 Å². The highest BCUT2D eigenvalue weighted by molar-refractivity contribution is 6.01. The number of ketones is 2. The third kappa shape index (κ3) is 5.94. The Kier molecular flexibility index (Phi) is 10.3. The molecule has 45 heavy (non-hydrogen) atoms. The largest absolute Gasteiger partial charge is 0.457 e. The second-order valence-corrected chi connectivity index (χ2v) is 13.7. The molecule has 0 aromatic carbocycles. The van der Waals surface area contributed by atoms with Crippen LogP contribution in [0, 0.1) is 38.7 Å². The van der Waals surface area contributed by atoms with E-state index in [0.717, 1.165) is 6.42 Å². The highest BCUT2D eigenvalue weighted by atomic mass is 19.1. The van der Waals surface area contributed by atoms with Crippen molar-refractivity contribution in [3.05, 3.63) is 33.9 Å². The number of ether oxygens (including phenoxy) is 2. The maximum atomic E-state index is 17.6. The smallest absolute Gasteiger partial charge is 0.306 e. The lowest BCUT2D eigenvalue weighted by Gasteiger charge is -2.62. The lowest BCUT2D eigenvalue weighted by atomic mass is 9.44. The summed E-state index contributed by atoms with van der Waals surface area (Å²) in [6, 6.07) is 0. The van der Waals surface area contributed by atoms with Crippen LogP contribution in [-0.4, -0.2) is 64.3 Å². The minimum Gasteiger partial charge on any atom is -0.457 e. The monoisotopic (exact) mass is 635 g/mol. The number of fused-ring (bicyclic) bond motifs is 5. The average Bonchev–Trinajstić information content (AvgIpc) is 3.19. The van der Waals surface area contributed by atoms with Crippen molar-refractivity contribution in [1.29, 1.82) is 0 Å². The Balaban J connectivity index is 1.59. The minimum atomic E-state index is -2.11. The van der Waals surface area contributed by atoms with Crippen molar-refractivity contribution in [2.75, 3.05) is 13.2 Å². The topological polar surface area (TPSA) is 159 Å². The van der Waals surface area contributed by atoms with E-state index in [1.54, 1.807) is 26.8 Å². The molecule has 0 bridgehead atoms. The van der Waals surface area contributed by atoms with Crippen molar-refractivity contribution in [2.45, 2.75) is 116 Å². The molecule has 0 aliphatic heterocycles. The van der Waals surface area contributed by atoms with E-state index in [-0.39, 0.29) is 31.7 Å². The van der Waals surface area contributed by atoms with Crippen LogP contribution in [0.4, 0.5) is 4.39 Å². The van der Waals surface area contributed by atoms with E-state index in [2.05, 4.69) is 4.84 Å². The van der Waals surface area contributed by atoms with Gasteiger partial charge in [-0.1, -0.05) is 45.3 Å². The number of aliphatic hydroxyl groups is 1. The molecule has 4 aliphatic carbocycles. The fourth-order valence-corrected chi connectivity index (χ4v) is 8.96. The maximum absolute atomic E-state index is 17.6. The number of allylic oxidation sites excluding steroid dienone is 4. The van der Waals surface area contributed by atoms with Crippen molar-refractivity contribution in [1.82, 2.24) is 0 Å². The van der Waals surface area contributed by atoms with Crippen LogP contribution in [0.15, 0.2) is 23.8 Å². The SMILES string of the molecule is CCCCC(=O)O[C@]1(C(=O)COC(=O)CCCCCO[N+](=O)[O-])[C@@H](C)CC2C3CCC4=CC(=O)C=C[C@]4(C)[C@@]3(F)[C@@H](O)C[C@@]21C. The maximum Gasteiger partial charge on any atom is 0.306 e. The third-order valence-corrected chi connectivity index (χ3v) is 11.2. The number of carbonyl (C=O) groups is 4. The first-order chi connectivity index (χ1) is 21.2. The number of halogens is 1. The molecule has 4 aliphatic rings. The van der Waals surface area contributed by atoms with Gasteiger partial charge in [0.1, 0.15) is 0 Å². The molecule has 4 rings (SSSR count). The number of Topliss-reactive ketones (excluding diaryl/α,β-unsaturated/α-hetero) is 1. The Bertz CT molecular complexity index is 1270. The predicted molar refractivity (Wildman–Crippen MR) is 159 cm³/mol. The molecule has 2 unspecified atom stereocenters. The van der Waals surface area contributed by atoms with Gasteiger partial charge < -0.3 is 19.4 Å². The van der Waals surface area contributed by atoms with Gasteiger partial charge in [0, 0.05) is 35.5 Å². The Morgan fingerprint density at radius 2 is 1.82 bits per heavy atom. The summed E-state index contributed by atoms with van der Waals surface area (Å²) >= 11 is 0. The Morgan fingerprint density at radius 3 is 2.51 bits per heavy atom. The Morgan fingerprint density at radius 1 is 1.11 bits per heavy atom. The molecule has 0 radical (unpaired) electrons. The lowest BCUT2D eigenvalue weighted by Crippen LogP contribution is -2.70. The Hall–Kier alpha value is -3.15. The number of alkyl halides is 1. The second-order valence-electron chi connectivity index (χ2n) is 13.7. The molecule has 0 heterocycles. The molecule has 0 amide bonds. The van der Waals surface area contributed by atoms with Gasteiger partial charge in [0.05, 0.1) is 12.7 Å². The van der Waals surface area contributed by atoms with Crippen LogP contribution in [0.1, 0.15) is 98.3 Å². The molecular formula is C33H46FNO10. The summed E-state index contributed by atoms with van der Waals surface area (Å²) in [6.45, 7) is 6.51. The van der Waals surface area contributed by atoms with Crippen LogP contribution in [0.25, 0.3) is 0 Å². The fourth-order valence-electron chi connectivity index (χ4n) is 8.96. The van der Waals surface area contributed by atoms with Crippen LogP contribution < -0.4 is 0 Å². The zero-order valence-electron chi connectivity index (χ0n) is 26.7. The summed E-state index contributed by atoms with van der Waals surface area (Å²) in [4.78, 5) is 66.7. The van der Waals surface area contributed by atoms with Gasteiger partial charge in [0.25, 0.3) is 5.09 Å². The summed E-state index contributed by atoms with van der Waals surface area (Å²) in [5.41, 5.74) is -5.57. The van der Waals surface area contributed by atoms with Crippen LogP contribution in [0.2, 0.25) is 0 Å². The zero-order valence-corrected chi connectivity index (χ0v) is 26.7. The van der Waals surface area contributed by atoms with Crippen LogP contribution in [0.5, 0.6) is 0 Å². The van der Waals surface area contributed by atoms with Crippen molar-refractivity contribution >= 4 is 23.5 Å². The standard InChI is InChI=1S/C33H46FNO10/c1-5-6-10-29(40)45-33(27(38)20-43-28(39)11-8-7-9-16-44-35(41)42)21(2)17-25-24-13-12-22-18-23(36)14-15-30(22,3)32(24,34)26(37)19-31(25,33)4/h14-15,18,21,24-26,37H,5-13,16-17,19-20H2,1-4H3/t21-,24?,25?,26-,30-,31-,32-,33-/m0/s1. The van der Waals surface area contributed by atoms with Crippen molar-refractivity contribution in [2.24, 2.45) is 28.6 Å². The molecule has 0 aromatic heterocycles. The Labute approximate surface area is 263 Å². The van der Waals surface area contributed by atoms with E-state index in [4.69, 9.17) is 9.47 Å². The quantitative estimate of drug-likeness (QED) is 0.120. The third-order valence-electron chi connectivity index (χ3n) is 11.2. The molecule has 0 saturated heterocycles. The minimum absolute atomic E-state index is 0.0138. The van der Waals surface area contributed by atoms with Gasteiger partial charge in [-0.25, -0.2) is 4.39 Å². The number of nitrogens with zero attached hydrogens (tertiary/aromatic N) is 1. The van der Waals surface area contributed by atoms with E-state index < -0.39 is 75.4 Å². The summed E-state index contributed by atoms with van der Waals surface area (Å²) < 4.78 is 29.2. The number of aliphatic hydroxyl groups excluding tert-OH is 1. The first-order valence-corrected chi connectivity index (χ1v) is 16.2. The summed E-state index contributed by atoms with van der Waals surface area (Å²) in [6.07, 6.45) is 6.48. The molecule has 0 aromatic rings. The van der Waals surface area contributed by atoms with Gasteiger partial charge in [0.15, 0.2) is 23.7 Å². The van der Waals surface area contributed by atoms with Gasteiger partial charge in [-0.05, 0) is 69.9 Å². The lowest BCUT2D eigenvalue weighted by molar-refractivity contribution is -0.757. The molecule has 8 atom stereocenters. The van der Waals surface area contributed by atoms with Gasteiger partial charge in [0.2, 0.25) is 5.78 Å². The van der Waals surface area contributed by atoms with Crippen LogP contribution in [-0.2, 0) is 33.5 Å². The first kappa shape index (κ1) is 34.7. The van der Waals surface area contributed by atoms with Gasteiger partial charge >= 0.3 is 11.9 Å². The first-order valence-electron chi connectivity index (χ1n) is 16.2. The molecule has 3 saturated carbocycles. The van der Waals surface area contributed by atoms with Crippen molar-refractivity contribution in [3.8, 4) is 0 Å². The normalized spacial score (nSPS) is 36.7. The van der Waals surface area contributed by atoms with E-state index >= 15 is 4.39 Å². The zero-order chi connectivity index (χ0) is 33.2. The van der Waals surface area contributed by atoms with E-state index in [9.17, 15) is 34.4 Å². The number of esters is 2. The van der Waals surface area contributed by atoms with E-state index in [1.165, 1.54) is 12.2 Å². The van der Waals surface area contributed by atoms with Gasteiger partial charge in [-0.15, -0.1) is 10.1 Å². The van der Waals surface area contributed by atoms with Crippen LogP contribution >= 0.6 is 0 Å². The molecule has 12 heteroatoms. The van der Waals surface area contributed by atoms with Crippen LogP contribution in [0.3, 0.4) is 0 Å². The average molecular weight is 636 g/mol. The van der Waals surface area contributed by atoms with E-state index in [1.807, 2.05) is 6.92 Å².